The van der Waals surface area contributed by atoms with Crippen molar-refractivity contribution in [3.05, 3.63) is 77.3 Å². The molecular weight excluding hydrogens is 411 g/mol. The summed E-state index contributed by atoms with van der Waals surface area (Å²) >= 11 is 3.36. The van der Waals surface area contributed by atoms with Gasteiger partial charge < -0.3 is 15.6 Å². The summed E-state index contributed by atoms with van der Waals surface area (Å²) in [4.78, 5) is 19.8. The number of urea groups is 1. The number of pyridine rings is 1. The highest BCUT2D eigenvalue weighted by molar-refractivity contribution is 9.10. The van der Waals surface area contributed by atoms with Crippen molar-refractivity contribution in [2.45, 2.75) is 0 Å². The zero-order chi connectivity index (χ0) is 18.8. The molecule has 3 N–H and O–H groups in total. The highest BCUT2D eigenvalue weighted by Crippen LogP contribution is 2.35. The van der Waals surface area contributed by atoms with E-state index in [1.807, 2.05) is 24.3 Å². The third kappa shape index (κ3) is 3.68. The van der Waals surface area contributed by atoms with Crippen LogP contribution in [0.25, 0.3) is 22.2 Å². The number of anilines is 2. The van der Waals surface area contributed by atoms with E-state index in [4.69, 9.17) is 0 Å². The Bertz CT molecular complexity index is 1110. The van der Waals surface area contributed by atoms with Crippen LogP contribution in [0.4, 0.5) is 20.6 Å². The van der Waals surface area contributed by atoms with E-state index in [9.17, 15) is 9.18 Å². The van der Waals surface area contributed by atoms with E-state index in [1.54, 1.807) is 30.6 Å². The fraction of sp³-hybridized carbons (Fsp3) is 0. The highest BCUT2D eigenvalue weighted by atomic mass is 79.9. The molecule has 5 nitrogen and oxygen atoms in total. The van der Waals surface area contributed by atoms with Gasteiger partial charge in [-0.05, 0) is 54.6 Å². The van der Waals surface area contributed by atoms with Gasteiger partial charge in [0.15, 0.2) is 0 Å². The van der Waals surface area contributed by atoms with E-state index in [0.29, 0.717) is 22.5 Å². The van der Waals surface area contributed by atoms with Gasteiger partial charge in [0.25, 0.3) is 0 Å². The van der Waals surface area contributed by atoms with Crippen LogP contribution in [0.5, 0.6) is 0 Å². The number of aromatic amines is 1. The van der Waals surface area contributed by atoms with Crippen LogP contribution in [0.2, 0.25) is 0 Å². The lowest BCUT2D eigenvalue weighted by atomic mass is 10.1. The molecule has 0 saturated carbocycles. The minimum atomic E-state index is -0.419. The minimum absolute atomic E-state index is 0.376. The van der Waals surface area contributed by atoms with Crippen LogP contribution in [0.3, 0.4) is 0 Å². The fourth-order valence-corrected chi connectivity index (χ4v) is 3.10. The number of halogens is 2. The molecule has 0 fully saturated rings. The molecule has 0 radical (unpaired) electrons. The first-order valence-electron chi connectivity index (χ1n) is 8.15. The van der Waals surface area contributed by atoms with Crippen molar-refractivity contribution in [1.29, 1.82) is 0 Å². The zero-order valence-electron chi connectivity index (χ0n) is 14.0. The largest absolute Gasteiger partial charge is 0.353 e. The number of carbonyl (C=O) groups excluding carboxylic acids is 1. The average molecular weight is 425 g/mol. The molecule has 27 heavy (non-hydrogen) atoms. The molecule has 134 valence electrons. The molecule has 0 aliphatic carbocycles. The summed E-state index contributed by atoms with van der Waals surface area (Å²) in [5.74, 6) is -0.376. The molecular formula is C20H14BrFN4O. The maximum atomic E-state index is 13.8. The van der Waals surface area contributed by atoms with E-state index in [-0.39, 0.29) is 5.82 Å². The number of amides is 2. The third-order valence-electron chi connectivity index (χ3n) is 4.07. The van der Waals surface area contributed by atoms with Gasteiger partial charge in [-0.1, -0.05) is 15.9 Å². The molecule has 2 heterocycles. The van der Waals surface area contributed by atoms with Crippen molar-refractivity contribution in [3.8, 4) is 11.3 Å². The van der Waals surface area contributed by atoms with Crippen molar-refractivity contribution >= 4 is 44.2 Å². The van der Waals surface area contributed by atoms with Gasteiger partial charge in [-0.25, -0.2) is 9.18 Å². The molecule has 7 heteroatoms. The Kier molecular flexibility index (Phi) is 4.60. The summed E-state index contributed by atoms with van der Waals surface area (Å²) in [5, 5.41) is 6.21. The highest BCUT2D eigenvalue weighted by Gasteiger charge is 2.16. The maximum absolute atomic E-state index is 13.8. The van der Waals surface area contributed by atoms with Crippen LogP contribution in [0.1, 0.15) is 0 Å². The average Bonchev–Trinajstić information content (AvgIpc) is 3.02. The van der Waals surface area contributed by atoms with E-state index in [1.165, 1.54) is 12.1 Å². The number of H-pyrrole nitrogens is 1. The lowest BCUT2D eigenvalue weighted by Crippen LogP contribution is -2.19. The fourth-order valence-electron chi connectivity index (χ4n) is 2.84. The van der Waals surface area contributed by atoms with Crippen molar-refractivity contribution in [3.63, 3.8) is 0 Å². The topological polar surface area (TPSA) is 69.8 Å². The Labute approximate surface area is 162 Å². The smallest absolute Gasteiger partial charge is 0.323 e. The standard InChI is InChI=1S/C20H14BrFN4O/c21-13-1-4-15(5-2-13)24-20(27)26-19-16-11-14(22)3-6-17(16)25-18(19)12-7-9-23-10-8-12/h1-11,25H,(H2,24,26,27). The van der Waals surface area contributed by atoms with Crippen molar-refractivity contribution in [2.24, 2.45) is 0 Å². The molecule has 0 saturated heterocycles. The summed E-state index contributed by atoms with van der Waals surface area (Å²) in [6.45, 7) is 0. The van der Waals surface area contributed by atoms with E-state index in [0.717, 1.165) is 15.6 Å². The van der Waals surface area contributed by atoms with Crippen LogP contribution in [-0.4, -0.2) is 16.0 Å². The van der Waals surface area contributed by atoms with Crippen LogP contribution >= 0.6 is 15.9 Å². The molecule has 0 aliphatic heterocycles. The van der Waals surface area contributed by atoms with Crippen LogP contribution < -0.4 is 10.6 Å². The van der Waals surface area contributed by atoms with Crippen molar-refractivity contribution < 1.29 is 9.18 Å². The van der Waals surface area contributed by atoms with E-state index in [2.05, 4.69) is 36.5 Å². The van der Waals surface area contributed by atoms with Crippen molar-refractivity contribution in [1.82, 2.24) is 9.97 Å². The molecule has 4 rings (SSSR count). The number of hydrogen-bond acceptors (Lipinski definition) is 2. The Hall–Kier alpha value is -3.19. The summed E-state index contributed by atoms with van der Waals surface area (Å²) in [7, 11) is 0. The lowest BCUT2D eigenvalue weighted by Gasteiger charge is -2.09. The molecule has 0 bridgehead atoms. The molecule has 2 aromatic heterocycles. The normalized spacial score (nSPS) is 10.7. The number of benzene rings is 2. The maximum Gasteiger partial charge on any atom is 0.323 e. The van der Waals surface area contributed by atoms with Gasteiger partial charge in [0.05, 0.1) is 11.4 Å². The lowest BCUT2D eigenvalue weighted by molar-refractivity contribution is 0.262. The molecule has 2 amide bonds. The van der Waals surface area contributed by atoms with Gasteiger partial charge in [-0.3, -0.25) is 4.98 Å². The number of rotatable bonds is 3. The summed E-state index contributed by atoms with van der Waals surface area (Å²) < 4.78 is 14.7. The number of aromatic nitrogens is 2. The second-order valence-electron chi connectivity index (χ2n) is 5.89. The van der Waals surface area contributed by atoms with Crippen LogP contribution in [0, 0.1) is 5.82 Å². The van der Waals surface area contributed by atoms with Crippen LogP contribution in [-0.2, 0) is 0 Å². The Balaban J connectivity index is 1.71. The molecule has 0 aliphatic rings. The number of nitrogens with zero attached hydrogens (tertiary/aromatic N) is 1. The van der Waals surface area contributed by atoms with Crippen molar-refractivity contribution in [2.75, 3.05) is 10.6 Å². The zero-order valence-corrected chi connectivity index (χ0v) is 15.5. The Morgan fingerprint density at radius 2 is 1.74 bits per heavy atom. The van der Waals surface area contributed by atoms with Gasteiger partial charge in [-0.2, -0.15) is 0 Å². The molecule has 0 spiro atoms. The number of fused-ring (bicyclic) bond motifs is 1. The quantitative estimate of drug-likeness (QED) is 0.390. The third-order valence-corrected chi connectivity index (χ3v) is 4.60. The molecule has 0 atom stereocenters. The van der Waals surface area contributed by atoms with Gasteiger partial charge in [0.2, 0.25) is 0 Å². The molecule has 0 unspecified atom stereocenters. The SMILES string of the molecule is O=C(Nc1ccc(Br)cc1)Nc1c(-c2ccncc2)[nH]c2ccc(F)cc12. The monoisotopic (exact) mass is 424 g/mol. The Morgan fingerprint density at radius 1 is 1.00 bits per heavy atom. The molecule has 4 aromatic rings. The number of nitrogens with one attached hydrogen (secondary N) is 3. The van der Waals surface area contributed by atoms with Gasteiger partial charge >= 0.3 is 6.03 Å². The van der Waals surface area contributed by atoms with E-state index >= 15 is 0 Å². The van der Waals surface area contributed by atoms with Gasteiger partial charge in [0, 0.05) is 39.0 Å². The first-order chi connectivity index (χ1) is 13.1. The summed E-state index contributed by atoms with van der Waals surface area (Å²) in [6, 6.07) is 14.9. The second-order valence-corrected chi connectivity index (χ2v) is 6.80. The predicted molar refractivity (Wildman–Crippen MR) is 108 cm³/mol. The first-order valence-corrected chi connectivity index (χ1v) is 8.94. The number of carbonyl (C=O) groups is 1. The predicted octanol–water partition coefficient (Wildman–Crippen LogP) is 5.78. The first kappa shape index (κ1) is 17.2. The van der Waals surface area contributed by atoms with Crippen LogP contribution in [0.15, 0.2) is 71.5 Å². The summed E-state index contributed by atoms with van der Waals surface area (Å²) in [5.41, 5.74) is 3.39. The van der Waals surface area contributed by atoms with Gasteiger partial charge in [0.1, 0.15) is 5.82 Å². The minimum Gasteiger partial charge on any atom is -0.353 e. The second kappa shape index (κ2) is 7.20. The molecule has 2 aromatic carbocycles. The van der Waals surface area contributed by atoms with Gasteiger partial charge in [-0.15, -0.1) is 0 Å². The Morgan fingerprint density at radius 3 is 2.48 bits per heavy atom. The van der Waals surface area contributed by atoms with E-state index < -0.39 is 6.03 Å². The number of hydrogen-bond donors (Lipinski definition) is 3. The summed E-state index contributed by atoms with van der Waals surface area (Å²) in [6.07, 6.45) is 3.32.